The molecule has 0 aliphatic rings. The summed E-state index contributed by atoms with van der Waals surface area (Å²) in [5.41, 5.74) is 7.32. The highest BCUT2D eigenvalue weighted by atomic mass is 19.1. The Morgan fingerprint density at radius 2 is 1.75 bits per heavy atom. The van der Waals surface area contributed by atoms with Gasteiger partial charge in [-0.2, -0.15) is 0 Å². The van der Waals surface area contributed by atoms with Gasteiger partial charge in [0.2, 0.25) is 0 Å². The van der Waals surface area contributed by atoms with Gasteiger partial charge in [-0.25, -0.2) is 8.78 Å². The average Bonchev–Trinajstić information content (AvgIpc) is 2.46. The van der Waals surface area contributed by atoms with E-state index in [1.807, 2.05) is 6.92 Å². The van der Waals surface area contributed by atoms with Gasteiger partial charge in [-0.05, 0) is 12.5 Å². The molecule has 0 amide bonds. The molecule has 2 rings (SSSR count). The van der Waals surface area contributed by atoms with Crippen LogP contribution in [0.25, 0.3) is 11.1 Å². The van der Waals surface area contributed by atoms with E-state index in [1.165, 1.54) is 6.07 Å². The van der Waals surface area contributed by atoms with E-state index >= 15 is 0 Å². The van der Waals surface area contributed by atoms with Gasteiger partial charge in [-0.1, -0.05) is 56.2 Å². The predicted molar refractivity (Wildman–Crippen MR) is 79.2 cm³/mol. The molecule has 0 fully saturated rings. The fourth-order valence-corrected chi connectivity index (χ4v) is 2.16. The van der Waals surface area contributed by atoms with Crippen molar-refractivity contribution in [3.63, 3.8) is 0 Å². The first-order valence-electron chi connectivity index (χ1n) is 6.80. The van der Waals surface area contributed by atoms with Gasteiger partial charge < -0.3 is 5.73 Å². The van der Waals surface area contributed by atoms with Crippen molar-refractivity contribution in [3.05, 3.63) is 60.0 Å². The summed E-state index contributed by atoms with van der Waals surface area (Å²) in [7, 11) is 0. The topological polar surface area (TPSA) is 26.0 Å². The van der Waals surface area contributed by atoms with Crippen molar-refractivity contribution in [2.24, 2.45) is 0 Å². The summed E-state index contributed by atoms with van der Waals surface area (Å²) in [6.45, 7) is 1.98. The smallest absolute Gasteiger partial charge is 0.176 e. The van der Waals surface area contributed by atoms with E-state index in [-0.39, 0.29) is 12.0 Å². The van der Waals surface area contributed by atoms with Crippen LogP contribution in [-0.2, 0) is 0 Å². The molecule has 0 bridgehead atoms. The minimum absolute atomic E-state index is 0.0409. The van der Waals surface area contributed by atoms with Crippen LogP contribution in [0.5, 0.6) is 0 Å². The Bertz CT molecular complexity index is 581. The minimum Gasteiger partial charge on any atom is -0.398 e. The molecule has 0 aromatic heterocycles. The molecule has 0 atom stereocenters. The molecule has 105 valence electrons. The summed E-state index contributed by atoms with van der Waals surface area (Å²) < 4.78 is 28.5. The minimum atomic E-state index is -0.543. The molecule has 0 aliphatic carbocycles. The lowest BCUT2D eigenvalue weighted by molar-refractivity contribution is 0.465. The van der Waals surface area contributed by atoms with Crippen molar-refractivity contribution in [1.82, 2.24) is 0 Å². The Hall–Kier alpha value is -1.90. The summed E-state index contributed by atoms with van der Waals surface area (Å²) in [6.07, 6.45) is 1.45. The molecule has 3 heteroatoms. The number of unbranched alkanes of at least 4 members (excludes halogenated alkanes) is 1. The molecule has 2 aromatic carbocycles. The molecule has 2 N–H and O–H groups in total. The number of hydrogen-bond acceptors (Lipinski definition) is 1. The van der Waals surface area contributed by atoms with Crippen molar-refractivity contribution in [3.8, 4) is 11.1 Å². The zero-order chi connectivity index (χ0) is 14.5. The van der Waals surface area contributed by atoms with E-state index in [0.717, 1.165) is 6.42 Å². The zero-order valence-corrected chi connectivity index (χ0v) is 11.5. The number of halogens is 2. The van der Waals surface area contributed by atoms with Crippen LogP contribution in [0.2, 0.25) is 0 Å². The van der Waals surface area contributed by atoms with E-state index in [0.29, 0.717) is 23.2 Å². The molecular weight excluding hydrogens is 256 g/mol. The summed E-state index contributed by atoms with van der Waals surface area (Å²) in [6, 6.07) is 11.8. The van der Waals surface area contributed by atoms with Crippen molar-refractivity contribution in [2.45, 2.75) is 26.2 Å². The van der Waals surface area contributed by atoms with Crippen LogP contribution in [0.4, 0.5) is 14.5 Å². The van der Waals surface area contributed by atoms with Gasteiger partial charge in [0.25, 0.3) is 0 Å². The Labute approximate surface area is 118 Å². The van der Waals surface area contributed by atoms with Crippen molar-refractivity contribution >= 4 is 5.69 Å². The van der Waals surface area contributed by atoms with Crippen LogP contribution in [-0.4, -0.2) is 0 Å². The SMILES string of the molecule is CCCC[C](F)c1cccc(-c2ccccc2N)c1F. The molecular formula is C17H18F2N. The predicted octanol–water partition coefficient (Wildman–Crippen LogP) is 5.11. The molecule has 20 heavy (non-hydrogen) atoms. The Morgan fingerprint density at radius 1 is 1.05 bits per heavy atom. The quantitative estimate of drug-likeness (QED) is 0.753. The standard InChI is InChI=1S/C17H18F2N/c1-2-3-10-15(18)14-9-6-8-13(17(14)19)12-7-4-5-11-16(12)20/h4-9,11H,2-3,10,20H2,1H3. The summed E-state index contributed by atoms with van der Waals surface area (Å²) in [4.78, 5) is 0. The molecule has 1 radical (unpaired) electrons. The second kappa shape index (κ2) is 6.51. The third-order valence-electron chi connectivity index (χ3n) is 3.29. The summed E-state index contributed by atoms with van der Waals surface area (Å²) >= 11 is 0. The Morgan fingerprint density at radius 3 is 2.45 bits per heavy atom. The summed E-state index contributed by atoms with van der Waals surface area (Å²) in [5.74, 6) is -0.543. The Balaban J connectivity index is 2.40. The van der Waals surface area contributed by atoms with E-state index in [4.69, 9.17) is 5.73 Å². The van der Waals surface area contributed by atoms with Crippen molar-refractivity contribution in [1.29, 1.82) is 0 Å². The highest BCUT2D eigenvalue weighted by Crippen LogP contribution is 2.33. The third-order valence-corrected chi connectivity index (χ3v) is 3.29. The number of hydrogen-bond donors (Lipinski definition) is 1. The number of rotatable bonds is 5. The number of nitrogens with two attached hydrogens (primary N) is 1. The van der Waals surface area contributed by atoms with E-state index < -0.39 is 12.0 Å². The first-order chi connectivity index (χ1) is 9.65. The maximum Gasteiger partial charge on any atom is 0.176 e. The molecule has 0 aliphatic heterocycles. The van der Waals surface area contributed by atoms with E-state index in [2.05, 4.69) is 0 Å². The number of para-hydroxylation sites is 1. The fraction of sp³-hybridized carbons (Fsp3) is 0.235. The lowest BCUT2D eigenvalue weighted by Gasteiger charge is -2.12. The third kappa shape index (κ3) is 2.98. The van der Waals surface area contributed by atoms with Crippen LogP contribution in [0.1, 0.15) is 31.7 Å². The molecule has 2 aromatic rings. The van der Waals surface area contributed by atoms with Crippen LogP contribution >= 0.6 is 0 Å². The van der Waals surface area contributed by atoms with Gasteiger partial charge >= 0.3 is 0 Å². The summed E-state index contributed by atoms with van der Waals surface area (Å²) in [5, 5.41) is 0. The molecule has 0 saturated carbocycles. The van der Waals surface area contributed by atoms with Gasteiger partial charge in [0.15, 0.2) is 6.17 Å². The number of nitrogen functional groups attached to an aromatic ring is 1. The zero-order valence-electron chi connectivity index (χ0n) is 11.5. The molecule has 0 unspecified atom stereocenters. The molecule has 0 spiro atoms. The van der Waals surface area contributed by atoms with Crippen LogP contribution in [0.15, 0.2) is 42.5 Å². The van der Waals surface area contributed by atoms with Gasteiger partial charge in [0.05, 0.1) is 0 Å². The lowest BCUT2D eigenvalue weighted by atomic mass is 9.97. The van der Waals surface area contributed by atoms with Crippen LogP contribution < -0.4 is 5.73 Å². The largest absolute Gasteiger partial charge is 0.398 e. The van der Waals surface area contributed by atoms with E-state index in [9.17, 15) is 8.78 Å². The average molecular weight is 274 g/mol. The van der Waals surface area contributed by atoms with Crippen molar-refractivity contribution in [2.75, 3.05) is 5.73 Å². The van der Waals surface area contributed by atoms with Gasteiger partial charge in [0, 0.05) is 22.4 Å². The maximum atomic E-state index is 14.5. The highest BCUT2D eigenvalue weighted by Gasteiger charge is 2.19. The molecule has 1 nitrogen and oxygen atoms in total. The molecule has 0 heterocycles. The number of benzene rings is 2. The maximum absolute atomic E-state index is 14.5. The normalized spacial score (nSPS) is 11.0. The van der Waals surface area contributed by atoms with Gasteiger partial charge in [-0.15, -0.1) is 0 Å². The van der Waals surface area contributed by atoms with Gasteiger partial charge in [0.1, 0.15) is 5.82 Å². The monoisotopic (exact) mass is 274 g/mol. The molecule has 0 saturated heterocycles. The second-order valence-electron chi connectivity index (χ2n) is 4.76. The van der Waals surface area contributed by atoms with E-state index in [1.54, 1.807) is 36.4 Å². The fourth-order valence-electron chi connectivity index (χ4n) is 2.16. The van der Waals surface area contributed by atoms with Crippen LogP contribution in [0.3, 0.4) is 0 Å². The lowest BCUT2D eigenvalue weighted by Crippen LogP contribution is -2.00. The van der Waals surface area contributed by atoms with Crippen LogP contribution in [0, 0.1) is 12.0 Å². The first kappa shape index (κ1) is 14.5. The number of anilines is 1. The Kier molecular flexibility index (Phi) is 4.72. The highest BCUT2D eigenvalue weighted by molar-refractivity contribution is 5.77. The second-order valence-corrected chi connectivity index (χ2v) is 4.76. The first-order valence-corrected chi connectivity index (χ1v) is 6.80. The van der Waals surface area contributed by atoms with Crippen molar-refractivity contribution < 1.29 is 8.78 Å². The van der Waals surface area contributed by atoms with Gasteiger partial charge in [-0.3, -0.25) is 0 Å².